The van der Waals surface area contributed by atoms with Gasteiger partial charge in [-0.3, -0.25) is 9.59 Å². The molecule has 1 aromatic carbocycles. The van der Waals surface area contributed by atoms with Crippen molar-refractivity contribution in [3.8, 4) is 5.75 Å². The Morgan fingerprint density at radius 1 is 1.33 bits per heavy atom. The number of carbonyl (C=O) groups is 2. The van der Waals surface area contributed by atoms with Crippen LogP contribution in [0.4, 0.5) is 0 Å². The van der Waals surface area contributed by atoms with Gasteiger partial charge >= 0.3 is 0 Å². The van der Waals surface area contributed by atoms with E-state index in [1.807, 2.05) is 24.3 Å². The number of ether oxygens (including phenoxy) is 1. The van der Waals surface area contributed by atoms with Gasteiger partial charge in [-0.15, -0.1) is 11.6 Å². The summed E-state index contributed by atoms with van der Waals surface area (Å²) in [7, 11) is 1.66. The molecule has 2 rings (SSSR count). The van der Waals surface area contributed by atoms with Gasteiger partial charge in [-0.1, -0.05) is 12.1 Å². The second-order valence-corrected chi connectivity index (χ2v) is 7.30. The Morgan fingerprint density at radius 2 is 2.11 bits per heavy atom. The molecule has 1 aliphatic heterocycles. The summed E-state index contributed by atoms with van der Waals surface area (Å²) in [5.41, 5.74) is 1.02. The summed E-state index contributed by atoms with van der Waals surface area (Å²) in [6, 6.07) is 7.12. The maximum absolute atomic E-state index is 12.3. The lowest BCUT2D eigenvalue weighted by molar-refractivity contribution is -0.138. The first-order valence-corrected chi connectivity index (χ1v) is 9.98. The molecule has 3 unspecified atom stereocenters. The van der Waals surface area contributed by atoms with E-state index in [4.69, 9.17) is 16.3 Å². The zero-order valence-corrected chi connectivity index (χ0v) is 16.7. The Hall–Kier alpha value is -1.79. The molecule has 150 valence electrons. The fraction of sp³-hybridized carbons (Fsp3) is 0.600. The van der Waals surface area contributed by atoms with E-state index in [9.17, 15) is 14.7 Å². The molecule has 1 aliphatic rings. The summed E-state index contributed by atoms with van der Waals surface area (Å²) in [6.45, 7) is 2.21. The molecule has 0 radical (unpaired) electrons. The number of carbonyl (C=O) groups excluding carboxylic acids is 2. The Kier molecular flexibility index (Phi) is 8.38. The van der Waals surface area contributed by atoms with Gasteiger partial charge in [-0.25, -0.2) is 0 Å². The van der Waals surface area contributed by atoms with Gasteiger partial charge in [0.15, 0.2) is 0 Å². The summed E-state index contributed by atoms with van der Waals surface area (Å²) in [5, 5.41) is 13.1. The van der Waals surface area contributed by atoms with Crippen molar-refractivity contribution in [2.45, 2.75) is 57.3 Å². The Labute approximate surface area is 165 Å². The fourth-order valence-corrected chi connectivity index (χ4v) is 3.24. The summed E-state index contributed by atoms with van der Waals surface area (Å²) < 4.78 is 5.98. The number of hydrogen-bond donors (Lipinski definition) is 2. The van der Waals surface area contributed by atoms with E-state index in [1.165, 1.54) is 4.90 Å². The van der Waals surface area contributed by atoms with Gasteiger partial charge in [0.05, 0.1) is 5.88 Å². The van der Waals surface area contributed by atoms with Gasteiger partial charge in [-0.05, 0) is 50.3 Å². The number of aliphatic hydroxyl groups is 1. The van der Waals surface area contributed by atoms with Gasteiger partial charge in [-0.2, -0.15) is 0 Å². The fourth-order valence-electron chi connectivity index (χ4n) is 3.05. The van der Waals surface area contributed by atoms with Crippen LogP contribution in [0, 0.1) is 0 Å². The highest BCUT2D eigenvalue weighted by Gasteiger charge is 2.23. The maximum Gasteiger partial charge on any atom is 0.242 e. The first-order valence-electron chi connectivity index (χ1n) is 9.45. The highest BCUT2D eigenvalue weighted by atomic mass is 35.5. The van der Waals surface area contributed by atoms with Gasteiger partial charge in [0, 0.05) is 20.0 Å². The van der Waals surface area contributed by atoms with Gasteiger partial charge in [0.25, 0.3) is 0 Å². The maximum atomic E-state index is 12.3. The number of likely N-dealkylation sites (N-methyl/N-ethyl adjacent to an activating group) is 1. The first kappa shape index (κ1) is 21.5. The first-order chi connectivity index (χ1) is 12.9. The minimum absolute atomic E-state index is 0.0645. The Balaban J connectivity index is 2.16. The average Bonchev–Trinajstić information content (AvgIpc) is 2.67. The smallest absolute Gasteiger partial charge is 0.242 e. The van der Waals surface area contributed by atoms with Crippen LogP contribution in [0.3, 0.4) is 0 Å². The molecule has 0 aliphatic carbocycles. The second-order valence-electron chi connectivity index (χ2n) is 6.99. The normalized spacial score (nSPS) is 24.1. The lowest BCUT2D eigenvalue weighted by Gasteiger charge is -2.25. The minimum Gasteiger partial charge on any atom is -0.488 e. The van der Waals surface area contributed by atoms with E-state index >= 15 is 0 Å². The molecule has 1 heterocycles. The molecule has 2 N–H and O–H groups in total. The minimum atomic E-state index is -0.771. The molecule has 0 aromatic heterocycles. The number of halogens is 1. The van der Waals surface area contributed by atoms with Crippen LogP contribution < -0.4 is 10.1 Å². The number of alkyl halides is 1. The highest BCUT2D eigenvalue weighted by Crippen LogP contribution is 2.20. The Morgan fingerprint density at radius 3 is 2.85 bits per heavy atom. The molecule has 27 heavy (non-hydrogen) atoms. The van der Waals surface area contributed by atoms with Crippen LogP contribution in [0.25, 0.3) is 0 Å². The molecule has 3 atom stereocenters. The van der Waals surface area contributed by atoms with Crippen molar-refractivity contribution in [1.29, 1.82) is 0 Å². The van der Waals surface area contributed by atoms with E-state index in [0.29, 0.717) is 38.0 Å². The average molecular weight is 397 g/mol. The van der Waals surface area contributed by atoms with E-state index in [1.54, 1.807) is 14.0 Å². The monoisotopic (exact) mass is 396 g/mol. The summed E-state index contributed by atoms with van der Waals surface area (Å²) in [4.78, 5) is 26.1. The molecular weight excluding hydrogens is 368 g/mol. The van der Waals surface area contributed by atoms with Crippen LogP contribution in [0.1, 0.15) is 38.2 Å². The van der Waals surface area contributed by atoms with Crippen molar-refractivity contribution in [3.63, 3.8) is 0 Å². The molecule has 0 saturated heterocycles. The van der Waals surface area contributed by atoms with Crippen LogP contribution in [-0.2, 0) is 16.0 Å². The third-order valence-electron chi connectivity index (χ3n) is 4.97. The molecule has 2 bridgehead atoms. The molecule has 0 spiro atoms. The third kappa shape index (κ3) is 6.40. The van der Waals surface area contributed by atoms with Crippen LogP contribution >= 0.6 is 11.6 Å². The third-order valence-corrected chi connectivity index (χ3v) is 5.29. The van der Waals surface area contributed by atoms with Gasteiger partial charge in [0.1, 0.15) is 24.0 Å². The SMILES string of the molecule is CC1C(=O)NCCc2cccc(c2)OC(C(O)CCl)CCCCC(=O)N1C. The largest absolute Gasteiger partial charge is 0.488 e. The van der Waals surface area contributed by atoms with Crippen molar-refractivity contribution < 1.29 is 19.4 Å². The number of amides is 2. The van der Waals surface area contributed by atoms with E-state index in [-0.39, 0.29) is 17.7 Å². The lowest BCUT2D eigenvalue weighted by Crippen LogP contribution is -2.46. The summed E-state index contributed by atoms with van der Waals surface area (Å²) >= 11 is 5.82. The molecule has 6 nitrogen and oxygen atoms in total. The zero-order valence-electron chi connectivity index (χ0n) is 16.0. The van der Waals surface area contributed by atoms with E-state index in [2.05, 4.69) is 5.32 Å². The van der Waals surface area contributed by atoms with E-state index in [0.717, 1.165) is 12.0 Å². The van der Waals surface area contributed by atoms with Gasteiger partial charge in [0.2, 0.25) is 11.8 Å². The molecule has 1 aromatic rings. The van der Waals surface area contributed by atoms with Gasteiger partial charge < -0.3 is 20.1 Å². The standard InChI is InChI=1S/C20H29ClN2O4/c1-14-20(26)22-11-10-15-6-5-7-16(12-15)27-18(17(24)13-21)8-3-4-9-19(25)23(14)2/h5-7,12,14,17-18,24H,3-4,8-11,13H2,1-2H3,(H,22,26). The number of benzene rings is 1. The van der Waals surface area contributed by atoms with Crippen LogP contribution in [-0.4, -0.2) is 59.5 Å². The van der Waals surface area contributed by atoms with Crippen LogP contribution in [0.5, 0.6) is 5.75 Å². The Bertz CT molecular complexity index is 640. The zero-order chi connectivity index (χ0) is 19.8. The number of fused-ring (bicyclic) bond motifs is 2. The summed E-state index contributed by atoms with van der Waals surface area (Å²) in [5.74, 6) is 0.542. The summed E-state index contributed by atoms with van der Waals surface area (Å²) in [6.07, 6.45) is 1.79. The number of hydrogen-bond acceptors (Lipinski definition) is 4. The molecular formula is C20H29ClN2O4. The highest BCUT2D eigenvalue weighted by molar-refractivity contribution is 6.18. The molecule has 2 amide bonds. The number of nitrogens with one attached hydrogen (secondary N) is 1. The predicted molar refractivity (Wildman–Crippen MR) is 105 cm³/mol. The molecule has 7 heteroatoms. The molecule has 0 fully saturated rings. The van der Waals surface area contributed by atoms with Crippen molar-refractivity contribution in [2.24, 2.45) is 0 Å². The molecule has 0 saturated carbocycles. The number of nitrogens with zero attached hydrogens (tertiary/aromatic N) is 1. The van der Waals surface area contributed by atoms with Crippen molar-refractivity contribution >= 4 is 23.4 Å². The van der Waals surface area contributed by atoms with Crippen molar-refractivity contribution in [2.75, 3.05) is 19.5 Å². The van der Waals surface area contributed by atoms with Crippen molar-refractivity contribution in [1.82, 2.24) is 10.2 Å². The quantitative estimate of drug-likeness (QED) is 0.750. The van der Waals surface area contributed by atoms with Crippen LogP contribution in [0.15, 0.2) is 24.3 Å². The number of aliphatic hydroxyl groups excluding tert-OH is 1. The number of rotatable bonds is 2. The van der Waals surface area contributed by atoms with Crippen molar-refractivity contribution in [3.05, 3.63) is 29.8 Å². The second kappa shape index (κ2) is 10.5. The predicted octanol–water partition coefficient (Wildman–Crippen LogP) is 2.11. The lowest BCUT2D eigenvalue weighted by atomic mass is 10.1. The van der Waals surface area contributed by atoms with E-state index < -0.39 is 18.2 Å². The topological polar surface area (TPSA) is 78.9 Å². The van der Waals surface area contributed by atoms with Crippen LogP contribution in [0.2, 0.25) is 0 Å².